The van der Waals surface area contributed by atoms with E-state index in [9.17, 15) is 9.59 Å². The second-order valence-electron chi connectivity index (χ2n) is 8.64. The Labute approximate surface area is 155 Å². The number of rotatable bonds is 5. The molecule has 0 spiro atoms. The van der Waals surface area contributed by atoms with E-state index in [-0.39, 0.29) is 23.8 Å². The van der Waals surface area contributed by atoms with Gasteiger partial charge in [-0.05, 0) is 80.5 Å². The molecule has 26 heavy (non-hydrogen) atoms. The Bertz CT molecular complexity index is 662. The number of carbonyl (C=O) groups excluding carboxylic acids is 2. The Morgan fingerprint density at radius 3 is 2.12 bits per heavy atom. The molecule has 0 atom stereocenters. The summed E-state index contributed by atoms with van der Waals surface area (Å²) >= 11 is 0. The molecule has 1 aromatic carbocycles. The van der Waals surface area contributed by atoms with Crippen LogP contribution in [0.5, 0.6) is 5.75 Å². The van der Waals surface area contributed by atoms with Crippen LogP contribution in [-0.4, -0.2) is 37.4 Å². The molecule has 5 heteroatoms. The highest BCUT2D eigenvalue weighted by molar-refractivity contribution is 5.95. The number of carbonyl (C=O) groups is 2. The highest BCUT2D eigenvalue weighted by atomic mass is 16.5. The molecule has 1 N–H and O–H groups in total. The first-order valence-electron chi connectivity index (χ1n) is 9.67. The number of amides is 2. The van der Waals surface area contributed by atoms with Gasteiger partial charge in [0.25, 0.3) is 0 Å². The van der Waals surface area contributed by atoms with E-state index in [4.69, 9.17) is 4.74 Å². The third kappa shape index (κ3) is 3.19. The van der Waals surface area contributed by atoms with E-state index in [0.717, 1.165) is 42.8 Å². The first kappa shape index (κ1) is 17.4. The van der Waals surface area contributed by atoms with Crippen molar-refractivity contribution in [1.82, 2.24) is 4.90 Å². The molecule has 0 aliphatic heterocycles. The first-order valence-corrected chi connectivity index (χ1v) is 9.67. The third-order valence-corrected chi connectivity index (χ3v) is 6.59. The second kappa shape index (κ2) is 6.60. The molecule has 4 bridgehead atoms. The Kier molecular flexibility index (Phi) is 4.41. The molecule has 140 valence electrons. The lowest BCUT2D eigenvalue weighted by Crippen LogP contribution is -2.54. The van der Waals surface area contributed by atoms with Crippen LogP contribution in [-0.2, 0) is 9.59 Å². The van der Waals surface area contributed by atoms with E-state index in [0.29, 0.717) is 5.69 Å². The maximum absolute atomic E-state index is 13.2. The Morgan fingerprint density at radius 1 is 1.08 bits per heavy atom. The standard InChI is InChI=1S/C21H28N2O3/c1-23(13-19(24)22-17-3-5-18(26-2)6-4-17)20(25)21-10-14-7-15(11-21)9-16(8-14)12-21/h3-6,14-16H,7-13H2,1-2H3,(H,22,24). The number of benzene rings is 1. The van der Waals surface area contributed by atoms with Gasteiger partial charge in [-0.2, -0.15) is 0 Å². The topological polar surface area (TPSA) is 58.6 Å². The van der Waals surface area contributed by atoms with Gasteiger partial charge >= 0.3 is 0 Å². The molecule has 4 fully saturated rings. The number of likely N-dealkylation sites (N-methyl/N-ethyl adjacent to an activating group) is 1. The van der Waals surface area contributed by atoms with Crippen LogP contribution in [0.25, 0.3) is 0 Å². The fraction of sp³-hybridized carbons (Fsp3) is 0.619. The molecule has 2 amide bonds. The van der Waals surface area contributed by atoms with Crippen LogP contribution >= 0.6 is 0 Å². The van der Waals surface area contributed by atoms with Crippen LogP contribution in [0.2, 0.25) is 0 Å². The summed E-state index contributed by atoms with van der Waals surface area (Å²) in [6.07, 6.45) is 7.03. The minimum Gasteiger partial charge on any atom is -0.497 e. The average Bonchev–Trinajstić information content (AvgIpc) is 2.60. The highest BCUT2D eigenvalue weighted by Crippen LogP contribution is 2.60. The van der Waals surface area contributed by atoms with Crippen LogP contribution in [0.4, 0.5) is 5.69 Å². The zero-order valence-electron chi connectivity index (χ0n) is 15.7. The number of methoxy groups -OCH3 is 1. The maximum Gasteiger partial charge on any atom is 0.243 e. The first-order chi connectivity index (χ1) is 12.5. The fourth-order valence-electron chi connectivity index (χ4n) is 5.94. The summed E-state index contributed by atoms with van der Waals surface area (Å²) in [5.74, 6) is 2.96. The Morgan fingerprint density at radius 2 is 1.62 bits per heavy atom. The smallest absolute Gasteiger partial charge is 0.243 e. The lowest BCUT2D eigenvalue weighted by Gasteiger charge is -2.56. The van der Waals surface area contributed by atoms with Gasteiger partial charge in [-0.25, -0.2) is 0 Å². The molecule has 5 rings (SSSR count). The minimum atomic E-state index is -0.191. The molecule has 0 radical (unpaired) electrons. The largest absolute Gasteiger partial charge is 0.497 e. The fourth-order valence-corrected chi connectivity index (χ4v) is 5.94. The van der Waals surface area contributed by atoms with Crippen LogP contribution in [0, 0.1) is 23.2 Å². The van der Waals surface area contributed by atoms with Crippen molar-refractivity contribution in [3.8, 4) is 5.75 Å². The Hall–Kier alpha value is -2.04. The van der Waals surface area contributed by atoms with E-state index in [1.807, 2.05) is 0 Å². The van der Waals surface area contributed by atoms with E-state index >= 15 is 0 Å². The Balaban J connectivity index is 1.37. The summed E-state index contributed by atoms with van der Waals surface area (Å²) in [5, 5.41) is 2.86. The molecular weight excluding hydrogens is 328 g/mol. The molecule has 4 aliphatic rings. The molecular formula is C21H28N2O3. The van der Waals surface area contributed by atoms with Gasteiger partial charge in [0, 0.05) is 12.7 Å². The average molecular weight is 356 g/mol. The van der Waals surface area contributed by atoms with Gasteiger partial charge in [0.2, 0.25) is 11.8 Å². The number of ether oxygens (including phenoxy) is 1. The molecule has 4 saturated carbocycles. The SMILES string of the molecule is COc1ccc(NC(=O)CN(C)C(=O)C23CC4CC(CC(C4)C2)C3)cc1. The predicted molar refractivity (Wildman–Crippen MR) is 99.9 cm³/mol. The normalized spacial score (nSPS) is 31.5. The second-order valence-corrected chi connectivity index (χ2v) is 8.64. The zero-order chi connectivity index (χ0) is 18.3. The van der Waals surface area contributed by atoms with Gasteiger partial charge < -0.3 is 15.0 Å². The van der Waals surface area contributed by atoms with Crippen molar-refractivity contribution in [1.29, 1.82) is 0 Å². The summed E-state index contributed by atoms with van der Waals surface area (Å²) in [4.78, 5) is 27.2. The highest BCUT2D eigenvalue weighted by Gasteiger charge is 2.55. The quantitative estimate of drug-likeness (QED) is 0.880. The maximum atomic E-state index is 13.2. The molecule has 1 aromatic rings. The van der Waals surface area contributed by atoms with E-state index in [1.165, 1.54) is 19.3 Å². The van der Waals surface area contributed by atoms with E-state index in [1.54, 1.807) is 43.3 Å². The van der Waals surface area contributed by atoms with Crippen LogP contribution in [0.1, 0.15) is 38.5 Å². The van der Waals surface area contributed by atoms with E-state index < -0.39 is 0 Å². The van der Waals surface area contributed by atoms with Gasteiger partial charge in [-0.15, -0.1) is 0 Å². The summed E-state index contributed by atoms with van der Waals surface area (Å²) in [5.41, 5.74) is 0.524. The van der Waals surface area contributed by atoms with Crippen LogP contribution < -0.4 is 10.1 Å². The van der Waals surface area contributed by atoms with Crippen LogP contribution in [0.15, 0.2) is 24.3 Å². The van der Waals surface area contributed by atoms with Gasteiger partial charge in [0.05, 0.1) is 19.1 Å². The summed E-state index contributed by atoms with van der Waals surface area (Å²) in [6, 6.07) is 7.22. The van der Waals surface area contributed by atoms with Crippen molar-refractivity contribution < 1.29 is 14.3 Å². The summed E-state index contributed by atoms with van der Waals surface area (Å²) in [7, 11) is 3.38. The van der Waals surface area contributed by atoms with Gasteiger partial charge in [-0.1, -0.05) is 0 Å². The monoisotopic (exact) mass is 356 g/mol. The number of nitrogens with one attached hydrogen (secondary N) is 1. The molecule has 0 unspecified atom stereocenters. The number of anilines is 1. The lowest BCUT2D eigenvalue weighted by molar-refractivity contribution is -0.157. The van der Waals surface area contributed by atoms with Crippen LogP contribution in [0.3, 0.4) is 0 Å². The number of hydrogen-bond donors (Lipinski definition) is 1. The third-order valence-electron chi connectivity index (χ3n) is 6.59. The molecule has 0 heterocycles. The lowest BCUT2D eigenvalue weighted by atomic mass is 9.49. The zero-order valence-corrected chi connectivity index (χ0v) is 15.7. The van der Waals surface area contributed by atoms with Crippen molar-refractivity contribution in [3.63, 3.8) is 0 Å². The molecule has 4 aliphatic carbocycles. The summed E-state index contributed by atoms with van der Waals surface area (Å²) < 4.78 is 5.12. The molecule has 5 nitrogen and oxygen atoms in total. The molecule has 0 saturated heterocycles. The van der Waals surface area contributed by atoms with Crippen molar-refractivity contribution >= 4 is 17.5 Å². The van der Waals surface area contributed by atoms with Crippen molar-refractivity contribution in [2.45, 2.75) is 38.5 Å². The molecule has 0 aromatic heterocycles. The predicted octanol–water partition coefficient (Wildman–Crippen LogP) is 3.31. The van der Waals surface area contributed by atoms with E-state index in [2.05, 4.69) is 5.32 Å². The number of hydrogen-bond acceptors (Lipinski definition) is 3. The van der Waals surface area contributed by atoms with Crippen molar-refractivity contribution in [2.75, 3.05) is 26.0 Å². The number of nitrogens with zero attached hydrogens (tertiary/aromatic N) is 1. The van der Waals surface area contributed by atoms with Gasteiger partial charge in [0.1, 0.15) is 5.75 Å². The van der Waals surface area contributed by atoms with Crippen molar-refractivity contribution in [2.24, 2.45) is 23.2 Å². The van der Waals surface area contributed by atoms with Crippen molar-refractivity contribution in [3.05, 3.63) is 24.3 Å². The summed E-state index contributed by atoms with van der Waals surface area (Å²) in [6.45, 7) is 0.104. The van der Waals surface area contributed by atoms with Gasteiger partial charge in [0.15, 0.2) is 0 Å². The van der Waals surface area contributed by atoms with Gasteiger partial charge in [-0.3, -0.25) is 9.59 Å². The minimum absolute atomic E-state index is 0.104.